The van der Waals surface area contributed by atoms with E-state index in [0.717, 1.165) is 22.1 Å². The molecule has 2 amide bonds. The molecular formula is C23H23ClFN3O4. The quantitative estimate of drug-likeness (QED) is 0.468. The number of hydrogen-bond donors (Lipinski definition) is 0. The van der Waals surface area contributed by atoms with Crippen LogP contribution in [-0.2, 0) is 25.7 Å². The summed E-state index contributed by atoms with van der Waals surface area (Å²) < 4.78 is 19.2. The van der Waals surface area contributed by atoms with Crippen LogP contribution in [0.5, 0.6) is 0 Å². The van der Waals surface area contributed by atoms with Crippen LogP contribution < -0.4 is 4.90 Å². The largest absolute Gasteiger partial charge is 0.469 e. The van der Waals surface area contributed by atoms with Crippen LogP contribution in [0.25, 0.3) is 0 Å². The number of aromatic nitrogens is 1. The lowest BCUT2D eigenvalue weighted by molar-refractivity contribution is -0.142. The lowest BCUT2D eigenvalue weighted by Gasteiger charge is -2.40. The fourth-order valence-electron chi connectivity index (χ4n) is 3.48. The molecule has 1 unspecified atom stereocenters. The number of aryl methyl sites for hydroxylation is 1. The number of ether oxygens (including phenoxy) is 1. The van der Waals surface area contributed by atoms with E-state index in [1.54, 1.807) is 0 Å². The summed E-state index contributed by atoms with van der Waals surface area (Å²) >= 11 is 5.77. The minimum Gasteiger partial charge on any atom is -0.469 e. The van der Waals surface area contributed by atoms with E-state index in [9.17, 15) is 18.8 Å². The highest BCUT2D eigenvalue weighted by atomic mass is 35.5. The molecule has 0 radical (unpaired) electrons. The second kappa shape index (κ2) is 9.91. The number of amides is 2. The van der Waals surface area contributed by atoms with Crippen LogP contribution >= 0.6 is 11.6 Å². The maximum absolute atomic E-state index is 14.5. The summed E-state index contributed by atoms with van der Waals surface area (Å²) in [6.45, 7) is 5.69. The van der Waals surface area contributed by atoms with Crippen LogP contribution in [0.4, 0.5) is 10.2 Å². The maximum Gasteiger partial charge on any atom is 0.305 e. The zero-order valence-corrected chi connectivity index (χ0v) is 18.6. The van der Waals surface area contributed by atoms with Crippen molar-refractivity contribution in [1.82, 2.24) is 9.88 Å². The number of rotatable bonds is 7. The molecule has 32 heavy (non-hydrogen) atoms. The molecule has 0 N–H and O–H groups in total. The van der Waals surface area contributed by atoms with Gasteiger partial charge in [0.15, 0.2) is 11.6 Å². The average Bonchev–Trinajstić information content (AvgIpc) is 2.76. The van der Waals surface area contributed by atoms with E-state index >= 15 is 0 Å². The summed E-state index contributed by atoms with van der Waals surface area (Å²) in [7, 11) is 1.26. The van der Waals surface area contributed by atoms with Gasteiger partial charge in [-0.1, -0.05) is 48.0 Å². The standard InChI is InChI=1S/C23H23ClFN3O4/c1-14-4-7-16(8-5-14)12-27-19(29)13-28(22-18(25)10-17(24)11-26-22)23(31)21(27)15(2)6-9-20(30)32-3/h4-5,7-8,10-11,21H,2,6,9,12-13H2,1,3H3. The number of anilines is 1. The molecule has 3 rings (SSSR count). The number of benzene rings is 1. The maximum atomic E-state index is 14.5. The molecule has 1 aliphatic heterocycles. The third kappa shape index (κ3) is 5.13. The Morgan fingerprint density at radius 2 is 1.97 bits per heavy atom. The molecule has 168 valence electrons. The number of esters is 1. The third-order valence-corrected chi connectivity index (χ3v) is 5.41. The minimum atomic E-state index is -1.08. The minimum absolute atomic E-state index is 0.000762. The number of carbonyl (C=O) groups is 3. The van der Waals surface area contributed by atoms with Gasteiger partial charge in [-0.15, -0.1) is 0 Å². The van der Waals surface area contributed by atoms with E-state index in [1.165, 1.54) is 18.2 Å². The Labute approximate surface area is 190 Å². The molecule has 1 aromatic carbocycles. The summed E-state index contributed by atoms with van der Waals surface area (Å²) in [5, 5.41) is 0.0714. The molecule has 1 atom stereocenters. The van der Waals surface area contributed by atoms with Gasteiger partial charge in [0.2, 0.25) is 5.91 Å². The molecule has 0 bridgehead atoms. The fraction of sp³-hybridized carbons (Fsp3) is 0.304. The average molecular weight is 460 g/mol. The highest BCUT2D eigenvalue weighted by Crippen LogP contribution is 2.29. The number of carbonyl (C=O) groups excluding carboxylic acids is 3. The van der Waals surface area contributed by atoms with Gasteiger partial charge in [-0.2, -0.15) is 0 Å². The van der Waals surface area contributed by atoms with Crippen LogP contribution in [0.3, 0.4) is 0 Å². The van der Waals surface area contributed by atoms with Crippen LogP contribution in [0.1, 0.15) is 24.0 Å². The first-order valence-electron chi connectivity index (χ1n) is 9.93. The number of hydrogen-bond acceptors (Lipinski definition) is 5. The first kappa shape index (κ1) is 23.4. The summed E-state index contributed by atoms with van der Waals surface area (Å²) in [5.74, 6) is -2.52. The molecule has 0 spiro atoms. The summed E-state index contributed by atoms with van der Waals surface area (Å²) in [6.07, 6.45) is 1.34. The van der Waals surface area contributed by atoms with Gasteiger partial charge >= 0.3 is 5.97 Å². The van der Waals surface area contributed by atoms with Gasteiger partial charge in [0.25, 0.3) is 5.91 Å². The number of nitrogens with zero attached hydrogens (tertiary/aromatic N) is 3. The summed E-state index contributed by atoms with van der Waals surface area (Å²) in [5.41, 5.74) is 2.23. The Balaban J connectivity index is 1.94. The SMILES string of the molecule is C=C(CCC(=O)OC)C1C(=O)N(c2ncc(Cl)cc2F)CC(=O)N1Cc1ccc(C)cc1. The molecular weight excluding hydrogens is 437 g/mol. The molecule has 9 heteroatoms. The Hall–Kier alpha value is -3.26. The van der Waals surface area contributed by atoms with Gasteiger partial charge in [-0.25, -0.2) is 9.37 Å². The van der Waals surface area contributed by atoms with E-state index in [4.69, 9.17) is 11.6 Å². The zero-order valence-electron chi connectivity index (χ0n) is 17.8. The number of pyridine rings is 1. The predicted molar refractivity (Wildman–Crippen MR) is 117 cm³/mol. The number of piperazine rings is 1. The van der Waals surface area contributed by atoms with Crippen LogP contribution in [0.2, 0.25) is 5.02 Å². The zero-order chi connectivity index (χ0) is 23.4. The summed E-state index contributed by atoms with van der Waals surface area (Å²) in [6, 6.07) is 7.50. The summed E-state index contributed by atoms with van der Waals surface area (Å²) in [4.78, 5) is 44.4. The van der Waals surface area contributed by atoms with E-state index in [2.05, 4.69) is 16.3 Å². The van der Waals surface area contributed by atoms with Gasteiger partial charge in [-0.05, 0) is 30.5 Å². The molecule has 2 aromatic rings. The van der Waals surface area contributed by atoms with Crippen molar-refractivity contribution in [3.63, 3.8) is 0 Å². The number of methoxy groups -OCH3 is 1. The Morgan fingerprint density at radius 3 is 2.59 bits per heavy atom. The smallest absolute Gasteiger partial charge is 0.305 e. The van der Waals surface area contributed by atoms with E-state index in [0.29, 0.717) is 5.57 Å². The van der Waals surface area contributed by atoms with E-state index in [-0.39, 0.29) is 36.8 Å². The molecule has 2 heterocycles. The van der Waals surface area contributed by atoms with Crippen molar-refractivity contribution in [3.05, 3.63) is 70.6 Å². The first-order valence-corrected chi connectivity index (χ1v) is 10.3. The van der Waals surface area contributed by atoms with Gasteiger partial charge < -0.3 is 9.64 Å². The highest BCUT2D eigenvalue weighted by Gasteiger charge is 2.42. The lowest BCUT2D eigenvalue weighted by Crippen LogP contribution is -2.60. The molecule has 0 aliphatic carbocycles. The molecule has 1 aliphatic rings. The van der Waals surface area contributed by atoms with Gasteiger partial charge in [0, 0.05) is 19.2 Å². The molecule has 7 nitrogen and oxygen atoms in total. The van der Waals surface area contributed by atoms with Crippen molar-refractivity contribution < 1.29 is 23.5 Å². The molecule has 1 fully saturated rings. The Bertz CT molecular complexity index is 1060. The van der Waals surface area contributed by atoms with Crippen molar-refractivity contribution in [2.75, 3.05) is 18.6 Å². The lowest BCUT2D eigenvalue weighted by atomic mass is 9.97. The molecule has 0 saturated carbocycles. The van der Waals surface area contributed by atoms with E-state index in [1.807, 2.05) is 31.2 Å². The van der Waals surface area contributed by atoms with Crippen LogP contribution in [0.15, 0.2) is 48.7 Å². The van der Waals surface area contributed by atoms with Crippen molar-refractivity contribution in [3.8, 4) is 0 Å². The number of halogens is 2. The van der Waals surface area contributed by atoms with Gasteiger partial charge in [0.1, 0.15) is 12.6 Å². The van der Waals surface area contributed by atoms with Gasteiger partial charge in [-0.3, -0.25) is 19.3 Å². The van der Waals surface area contributed by atoms with Crippen molar-refractivity contribution in [1.29, 1.82) is 0 Å². The normalized spacial score (nSPS) is 16.3. The first-order chi connectivity index (χ1) is 15.2. The second-order valence-electron chi connectivity index (χ2n) is 7.53. The van der Waals surface area contributed by atoms with Crippen LogP contribution in [-0.4, -0.2) is 47.4 Å². The van der Waals surface area contributed by atoms with Crippen molar-refractivity contribution >= 4 is 35.2 Å². The van der Waals surface area contributed by atoms with Gasteiger partial charge in [0.05, 0.1) is 12.1 Å². The van der Waals surface area contributed by atoms with Crippen molar-refractivity contribution in [2.24, 2.45) is 0 Å². The Morgan fingerprint density at radius 1 is 1.28 bits per heavy atom. The topological polar surface area (TPSA) is 79.8 Å². The van der Waals surface area contributed by atoms with Crippen molar-refractivity contribution in [2.45, 2.75) is 32.4 Å². The molecule has 1 saturated heterocycles. The highest BCUT2D eigenvalue weighted by molar-refractivity contribution is 6.30. The fourth-order valence-corrected chi connectivity index (χ4v) is 3.62. The predicted octanol–water partition coefficient (Wildman–Crippen LogP) is 3.44. The second-order valence-corrected chi connectivity index (χ2v) is 7.96. The molecule has 1 aromatic heterocycles. The van der Waals surface area contributed by atoms with Crippen LogP contribution in [0, 0.1) is 12.7 Å². The third-order valence-electron chi connectivity index (χ3n) is 5.21. The van der Waals surface area contributed by atoms with E-state index < -0.39 is 29.6 Å². The Kier molecular flexibility index (Phi) is 7.25. The monoisotopic (exact) mass is 459 g/mol.